The van der Waals surface area contributed by atoms with Gasteiger partial charge in [-0.25, -0.2) is 9.37 Å². The number of nitrogens with zero attached hydrogens (tertiary/aromatic N) is 3. The van der Waals surface area contributed by atoms with Crippen molar-refractivity contribution in [2.75, 3.05) is 26.3 Å². The Morgan fingerprint density at radius 2 is 1.75 bits per heavy atom. The van der Waals surface area contributed by atoms with Crippen molar-refractivity contribution in [2.24, 2.45) is 0 Å². The first kappa shape index (κ1) is 27.4. The number of nitrogens with one attached hydrogen (secondary N) is 1. The van der Waals surface area contributed by atoms with Crippen molar-refractivity contribution in [1.82, 2.24) is 15.2 Å². The molecule has 1 aromatic heterocycles. The van der Waals surface area contributed by atoms with Crippen molar-refractivity contribution in [3.63, 3.8) is 0 Å². The van der Waals surface area contributed by atoms with E-state index in [1.165, 1.54) is 18.5 Å². The van der Waals surface area contributed by atoms with Gasteiger partial charge < -0.3 is 18.6 Å². The maximum atomic E-state index is 13.6. The van der Waals surface area contributed by atoms with E-state index < -0.39 is 6.23 Å². The van der Waals surface area contributed by atoms with Crippen LogP contribution in [0.15, 0.2) is 65.4 Å². The first-order valence-electron chi connectivity index (χ1n) is 13.6. The van der Waals surface area contributed by atoms with Crippen LogP contribution >= 0.6 is 0 Å². The molecule has 8 nitrogen and oxygen atoms in total. The summed E-state index contributed by atoms with van der Waals surface area (Å²) in [5.41, 5.74) is 4.13. The summed E-state index contributed by atoms with van der Waals surface area (Å²) in [6, 6.07) is 18.2. The van der Waals surface area contributed by atoms with Crippen LogP contribution in [0.3, 0.4) is 0 Å². The predicted octanol–water partition coefficient (Wildman–Crippen LogP) is 5.91. The highest BCUT2D eigenvalue weighted by atomic mass is 19.1. The molecule has 1 N–H and O–H groups in total. The molecule has 2 heterocycles. The molecule has 5 rings (SSSR count). The highest BCUT2D eigenvalue weighted by Gasteiger charge is 2.24. The summed E-state index contributed by atoms with van der Waals surface area (Å²) in [5.74, 6) is 1.74. The molecule has 1 aliphatic heterocycles. The molecule has 3 aromatic carbocycles. The molecule has 40 heavy (non-hydrogen) atoms. The second-order valence-electron chi connectivity index (χ2n) is 9.67. The third-order valence-corrected chi connectivity index (χ3v) is 6.91. The van der Waals surface area contributed by atoms with Gasteiger partial charge in [-0.3, -0.25) is 10.2 Å². The number of nitriles is 1. The van der Waals surface area contributed by atoms with Crippen LogP contribution in [0.2, 0.25) is 0 Å². The Bertz CT molecular complexity index is 1430. The topological polar surface area (TPSA) is 92.8 Å². The number of hydrogen-bond acceptors (Lipinski definition) is 8. The molecule has 1 atom stereocenters. The predicted molar refractivity (Wildman–Crippen MR) is 150 cm³/mol. The van der Waals surface area contributed by atoms with Crippen LogP contribution in [0, 0.1) is 17.1 Å². The van der Waals surface area contributed by atoms with Gasteiger partial charge in [0.05, 0.1) is 18.8 Å². The molecule has 1 unspecified atom stereocenters. The van der Waals surface area contributed by atoms with E-state index in [-0.39, 0.29) is 11.9 Å². The molecule has 0 aliphatic carbocycles. The van der Waals surface area contributed by atoms with Crippen molar-refractivity contribution in [3.8, 4) is 34.4 Å². The van der Waals surface area contributed by atoms with E-state index in [0.29, 0.717) is 30.1 Å². The van der Waals surface area contributed by atoms with E-state index in [1.54, 1.807) is 30.3 Å². The van der Waals surface area contributed by atoms with Crippen molar-refractivity contribution >= 4 is 11.1 Å². The lowest BCUT2D eigenvalue weighted by molar-refractivity contribution is 0.145. The number of oxazole rings is 1. The highest BCUT2D eigenvalue weighted by molar-refractivity contribution is 5.77. The van der Waals surface area contributed by atoms with Crippen LogP contribution in [-0.2, 0) is 6.54 Å². The van der Waals surface area contributed by atoms with Gasteiger partial charge in [0, 0.05) is 18.7 Å². The minimum absolute atomic E-state index is 0.163. The number of hydrogen-bond donors (Lipinski definition) is 1. The number of benzene rings is 3. The molecule has 1 aliphatic rings. The van der Waals surface area contributed by atoms with Crippen molar-refractivity contribution < 1.29 is 23.0 Å². The van der Waals surface area contributed by atoms with E-state index in [2.05, 4.69) is 33.4 Å². The van der Waals surface area contributed by atoms with Gasteiger partial charge in [0.15, 0.2) is 12.0 Å². The molecule has 0 amide bonds. The average molecular weight is 545 g/mol. The maximum absolute atomic E-state index is 13.6. The minimum atomic E-state index is -0.762. The first-order chi connectivity index (χ1) is 19.6. The van der Waals surface area contributed by atoms with Gasteiger partial charge >= 0.3 is 0 Å². The number of likely N-dealkylation sites (tertiary alicyclic amines) is 1. The smallest absolute Gasteiger partial charge is 0.238 e. The van der Waals surface area contributed by atoms with E-state index in [1.807, 2.05) is 13.8 Å². The Hall–Kier alpha value is -4.13. The van der Waals surface area contributed by atoms with Gasteiger partial charge in [0.25, 0.3) is 0 Å². The molecule has 0 saturated carbocycles. The summed E-state index contributed by atoms with van der Waals surface area (Å²) in [6.07, 6.45) is 2.39. The summed E-state index contributed by atoms with van der Waals surface area (Å²) in [4.78, 5) is 6.53. The Morgan fingerprint density at radius 1 is 1.05 bits per heavy atom. The lowest BCUT2D eigenvalue weighted by Crippen LogP contribution is -2.47. The van der Waals surface area contributed by atoms with Crippen molar-refractivity contribution in [2.45, 2.75) is 45.5 Å². The number of ether oxygens (including phenoxy) is 3. The zero-order valence-electron chi connectivity index (χ0n) is 22.7. The number of rotatable bonds is 11. The standard InChI is InChI=1S/C31H33FN4O4/c1-3-37-28-15-21(16-29(38-4-2)31(28)22-5-7-23(32)8-6-22)19-36-13-11-24(12-14-36)35-30(18-33)40-25-9-10-27-26(17-25)34-20-39-27/h5-10,15-17,20,24,30,35H,3-4,11-14,19H2,1-2H3. The Labute approximate surface area is 233 Å². The molecule has 0 radical (unpaired) electrons. The number of piperidine rings is 1. The fourth-order valence-electron chi connectivity index (χ4n) is 5.05. The van der Waals surface area contributed by atoms with Crippen LogP contribution < -0.4 is 19.5 Å². The lowest BCUT2D eigenvalue weighted by atomic mass is 9.99. The van der Waals surface area contributed by atoms with Gasteiger partial charge in [-0.05, 0) is 87.3 Å². The van der Waals surface area contributed by atoms with Gasteiger partial charge in [-0.1, -0.05) is 12.1 Å². The minimum Gasteiger partial charge on any atom is -0.493 e. The van der Waals surface area contributed by atoms with E-state index in [0.717, 1.165) is 60.7 Å². The van der Waals surface area contributed by atoms with Crippen molar-refractivity contribution in [3.05, 3.63) is 72.4 Å². The molecule has 0 spiro atoms. The fourth-order valence-corrected chi connectivity index (χ4v) is 5.05. The normalized spacial score (nSPS) is 15.1. The van der Waals surface area contributed by atoms with Crippen molar-refractivity contribution in [1.29, 1.82) is 5.26 Å². The van der Waals surface area contributed by atoms with Gasteiger partial charge in [-0.2, -0.15) is 5.26 Å². The fraction of sp³-hybridized carbons (Fsp3) is 0.355. The summed E-state index contributed by atoms with van der Waals surface area (Å²) in [6.45, 7) is 7.40. The van der Waals surface area contributed by atoms with Crippen LogP contribution in [0.25, 0.3) is 22.2 Å². The Balaban J connectivity index is 1.22. The Kier molecular flexibility index (Phi) is 8.79. The van der Waals surface area contributed by atoms with Gasteiger partial charge in [0.1, 0.15) is 34.7 Å². The third kappa shape index (κ3) is 6.53. The quantitative estimate of drug-likeness (QED) is 0.233. The monoisotopic (exact) mass is 544 g/mol. The summed E-state index contributed by atoms with van der Waals surface area (Å²) < 4.78 is 36.8. The molecule has 1 saturated heterocycles. The van der Waals surface area contributed by atoms with Crippen LogP contribution in [0.5, 0.6) is 17.2 Å². The van der Waals surface area contributed by atoms with Gasteiger partial charge in [0.2, 0.25) is 6.23 Å². The molecular weight excluding hydrogens is 511 g/mol. The first-order valence-corrected chi connectivity index (χ1v) is 13.6. The highest BCUT2D eigenvalue weighted by Crippen LogP contribution is 2.40. The van der Waals surface area contributed by atoms with E-state index >= 15 is 0 Å². The number of halogens is 1. The van der Waals surface area contributed by atoms with E-state index in [4.69, 9.17) is 18.6 Å². The number of aromatic nitrogens is 1. The van der Waals surface area contributed by atoms with Crippen LogP contribution in [0.1, 0.15) is 32.3 Å². The van der Waals surface area contributed by atoms with Crippen LogP contribution in [0.4, 0.5) is 4.39 Å². The second kappa shape index (κ2) is 12.8. The Morgan fingerprint density at radius 3 is 2.40 bits per heavy atom. The van der Waals surface area contributed by atoms with Gasteiger partial charge in [-0.15, -0.1) is 0 Å². The molecule has 1 fully saturated rings. The summed E-state index contributed by atoms with van der Waals surface area (Å²) in [5, 5.41) is 13.0. The second-order valence-corrected chi connectivity index (χ2v) is 9.67. The SMILES string of the molecule is CCOc1cc(CN2CCC(NC(C#N)Oc3ccc4ocnc4c3)CC2)cc(OCC)c1-c1ccc(F)cc1. The average Bonchev–Trinajstić information content (AvgIpc) is 3.43. The van der Waals surface area contributed by atoms with E-state index in [9.17, 15) is 9.65 Å². The third-order valence-electron chi connectivity index (χ3n) is 6.91. The molecule has 208 valence electrons. The molecule has 9 heteroatoms. The maximum Gasteiger partial charge on any atom is 0.238 e. The zero-order chi connectivity index (χ0) is 27.9. The molecule has 0 bridgehead atoms. The lowest BCUT2D eigenvalue weighted by Gasteiger charge is -2.33. The molecule has 4 aromatic rings. The number of fused-ring (bicyclic) bond motifs is 1. The zero-order valence-corrected chi connectivity index (χ0v) is 22.7. The summed E-state index contributed by atoms with van der Waals surface area (Å²) >= 11 is 0. The van der Waals surface area contributed by atoms with Crippen LogP contribution in [-0.4, -0.2) is 48.5 Å². The summed E-state index contributed by atoms with van der Waals surface area (Å²) in [7, 11) is 0. The molecular formula is C31H33FN4O4. The largest absolute Gasteiger partial charge is 0.493 e.